The molecule has 2 atom stereocenters. The van der Waals surface area contributed by atoms with Crippen molar-refractivity contribution in [3.8, 4) is 0 Å². The van der Waals surface area contributed by atoms with Gasteiger partial charge in [0.15, 0.2) is 16.4 Å². The summed E-state index contributed by atoms with van der Waals surface area (Å²) < 4.78 is 27.9. The maximum Gasteiger partial charge on any atom is 0.348 e. The van der Waals surface area contributed by atoms with Crippen LogP contribution >= 0.6 is 11.3 Å². The van der Waals surface area contributed by atoms with Crippen LogP contribution in [0.3, 0.4) is 0 Å². The van der Waals surface area contributed by atoms with E-state index in [-0.39, 0.29) is 24.2 Å². The highest BCUT2D eigenvalue weighted by Gasteiger charge is 2.29. The van der Waals surface area contributed by atoms with Gasteiger partial charge in [-0.3, -0.25) is 4.79 Å². The van der Waals surface area contributed by atoms with Gasteiger partial charge < -0.3 is 10.1 Å². The summed E-state index contributed by atoms with van der Waals surface area (Å²) in [5, 5.41) is 2.61. The van der Waals surface area contributed by atoms with Crippen LogP contribution in [0.25, 0.3) is 0 Å². The average molecular weight is 386 g/mol. The molecule has 1 saturated heterocycles. The number of fused-ring (bicyclic) bond motifs is 1. The van der Waals surface area contributed by atoms with Crippen molar-refractivity contribution in [2.75, 3.05) is 18.1 Å². The molecule has 6 nitrogen and oxygen atoms in total. The number of amides is 1. The predicted molar refractivity (Wildman–Crippen MR) is 95.6 cm³/mol. The lowest BCUT2D eigenvalue weighted by atomic mass is 9.87. The highest BCUT2D eigenvalue weighted by Crippen LogP contribution is 2.33. The summed E-state index contributed by atoms with van der Waals surface area (Å²) >= 11 is 1.45. The van der Waals surface area contributed by atoms with Gasteiger partial charge in [-0.25, -0.2) is 13.2 Å². The molecule has 1 aliphatic carbocycles. The number of carbonyl (C=O) groups excluding carboxylic acids is 2. The number of nitrogens with one attached hydrogen (secondary N) is 1. The Balaban J connectivity index is 1.50. The number of rotatable bonds is 5. The van der Waals surface area contributed by atoms with Crippen molar-refractivity contribution in [3.05, 3.63) is 21.4 Å². The van der Waals surface area contributed by atoms with Gasteiger partial charge in [-0.2, -0.15) is 0 Å². The Morgan fingerprint density at radius 1 is 1.36 bits per heavy atom. The van der Waals surface area contributed by atoms with E-state index >= 15 is 0 Å². The van der Waals surface area contributed by atoms with Crippen molar-refractivity contribution >= 4 is 33.1 Å². The van der Waals surface area contributed by atoms with Gasteiger partial charge in [0.05, 0.1) is 11.5 Å². The number of ether oxygens (including phenoxy) is 1. The van der Waals surface area contributed by atoms with E-state index in [9.17, 15) is 18.0 Å². The molecule has 1 aromatic heterocycles. The van der Waals surface area contributed by atoms with Crippen LogP contribution in [0.15, 0.2) is 6.07 Å². The number of hydrogen-bond donors (Lipinski definition) is 1. The maximum atomic E-state index is 12.2. The van der Waals surface area contributed by atoms with Crippen LogP contribution in [0.5, 0.6) is 0 Å². The highest BCUT2D eigenvalue weighted by atomic mass is 32.2. The first kappa shape index (κ1) is 18.4. The lowest BCUT2D eigenvalue weighted by molar-refractivity contribution is -0.124. The van der Waals surface area contributed by atoms with E-state index in [1.807, 2.05) is 6.07 Å². The number of hydrogen-bond acceptors (Lipinski definition) is 6. The molecule has 25 heavy (non-hydrogen) atoms. The van der Waals surface area contributed by atoms with Crippen molar-refractivity contribution in [1.29, 1.82) is 0 Å². The first-order chi connectivity index (χ1) is 11.9. The van der Waals surface area contributed by atoms with Crippen LogP contribution in [-0.4, -0.2) is 44.4 Å². The van der Waals surface area contributed by atoms with Gasteiger partial charge in [0.1, 0.15) is 4.88 Å². The van der Waals surface area contributed by atoms with E-state index in [2.05, 4.69) is 12.2 Å². The van der Waals surface area contributed by atoms with Crippen LogP contribution in [0.4, 0.5) is 0 Å². The minimum atomic E-state index is -3.04. The zero-order valence-electron chi connectivity index (χ0n) is 14.2. The van der Waals surface area contributed by atoms with Crippen LogP contribution in [0.1, 0.15) is 46.3 Å². The molecular weight excluding hydrogens is 362 g/mol. The molecule has 0 aromatic carbocycles. The number of thiophene rings is 1. The van der Waals surface area contributed by atoms with Crippen molar-refractivity contribution < 1.29 is 22.7 Å². The quantitative estimate of drug-likeness (QED) is 0.780. The van der Waals surface area contributed by atoms with Crippen LogP contribution < -0.4 is 5.32 Å². The third kappa shape index (κ3) is 4.61. The summed E-state index contributed by atoms with van der Waals surface area (Å²) in [7, 11) is -3.04. The Morgan fingerprint density at radius 3 is 2.84 bits per heavy atom. The zero-order chi connectivity index (χ0) is 18.0. The first-order valence-corrected chi connectivity index (χ1v) is 11.3. The van der Waals surface area contributed by atoms with Crippen molar-refractivity contribution in [3.63, 3.8) is 0 Å². The topological polar surface area (TPSA) is 89.5 Å². The van der Waals surface area contributed by atoms with E-state index in [0.29, 0.717) is 17.2 Å². The Labute approximate surface area is 151 Å². The number of sulfone groups is 1. The fourth-order valence-electron chi connectivity index (χ4n) is 3.43. The van der Waals surface area contributed by atoms with Gasteiger partial charge in [-0.15, -0.1) is 11.3 Å². The summed E-state index contributed by atoms with van der Waals surface area (Å²) in [5.74, 6) is -0.205. The second-order valence-corrected chi connectivity index (χ2v) is 10.2. The molecule has 0 saturated carbocycles. The van der Waals surface area contributed by atoms with Crippen molar-refractivity contribution in [2.45, 2.75) is 45.1 Å². The third-order valence-electron chi connectivity index (χ3n) is 4.90. The molecule has 8 heteroatoms. The predicted octanol–water partition coefficient (Wildman–Crippen LogP) is 1.72. The summed E-state index contributed by atoms with van der Waals surface area (Å²) in [6.45, 7) is 1.81. The van der Waals surface area contributed by atoms with Crippen LogP contribution in [0.2, 0.25) is 0 Å². The highest BCUT2D eigenvalue weighted by molar-refractivity contribution is 7.91. The van der Waals surface area contributed by atoms with Crippen molar-refractivity contribution in [2.24, 2.45) is 5.92 Å². The van der Waals surface area contributed by atoms with Crippen LogP contribution in [0, 0.1) is 5.92 Å². The lowest BCUT2D eigenvalue weighted by Crippen LogP contribution is -2.38. The molecule has 2 aliphatic rings. The molecule has 2 heterocycles. The Morgan fingerprint density at radius 2 is 2.16 bits per heavy atom. The third-order valence-corrected chi connectivity index (χ3v) is 7.88. The maximum absolute atomic E-state index is 12.2. The zero-order valence-corrected chi connectivity index (χ0v) is 15.9. The summed E-state index contributed by atoms with van der Waals surface area (Å²) in [6.07, 6.45) is 4.73. The molecule has 1 fully saturated rings. The van der Waals surface area contributed by atoms with E-state index in [1.54, 1.807) is 0 Å². The molecular formula is C17H23NO5S2. The molecule has 0 radical (unpaired) electrons. The van der Waals surface area contributed by atoms with Crippen LogP contribution in [-0.2, 0) is 32.2 Å². The Bertz CT molecular complexity index is 768. The fraction of sp³-hybridized carbons (Fsp3) is 0.647. The monoisotopic (exact) mass is 385 g/mol. The van der Waals surface area contributed by atoms with Gasteiger partial charge in [0.2, 0.25) is 0 Å². The van der Waals surface area contributed by atoms with Gasteiger partial charge in [0, 0.05) is 10.9 Å². The number of esters is 1. The number of aryl methyl sites for hydroxylation is 1. The molecule has 1 amide bonds. The van der Waals surface area contributed by atoms with Gasteiger partial charge in [-0.1, -0.05) is 13.3 Å². The molecule has 138 valence electrons. The van der Waals surface area contributed by atoms with E-state index in [1.165, 1.54) is 21.8 Å². The fourth-order valence-corrected chi connectivity index (χ4v) is 6.20. The molecule has 3 rings (SSSR count). The summed E-state index contributed by atoms with van der Waals surface area (Å²) in [6, 6.07) is 1.52. The van der Waals surface area contributed by atoms with E-state index in [4.69, 9.17) is 4.74 Å². The second-order valence-electron chi connectivity index (χ2n) is 6.82. The second kappa shape index (κ2) is 7.45. The minimum absolute atomic E-state index is 0.0388. The molecule has 0 spiro atoms. The Hall–Kier alpha value is -1.41. The van der Waals surface area contributed by atoms with Gasteiger partial charge in [0.25, 0.3) is 5.91 Å². The number of carbonyl (C=O) groups is 2. The van der Waals surface area contributed by atoms with E-state index < -0.39 is 21.7 Å². The molecule has 0 bridgehead atoms. The normalized spacial score (nSPS) is 24.5. The van der Waals surface area contributed by atoms with Crippen molar-refractivity contribution in [1.82, 2.24) is 5.32 Å². The van der Waals surface area contributed by atoms with Gasteiger partial charge in [-0.05, 0) is 43.2 Å². The summed E-state index contributed by atoms with van der Waals surface area (Å²) in [4.78, 5) is 25.8. The van der Waals surface area contributed by atoms with E-state index in [0.717, 1.165) is 25.7 Å². The standard InChI is InChI=1S/C17H23NO5S2/c1-2-11-3-4-14-12(7-11)8-15(24-14)17(20)23-9-16(19)18-13-5-6-25(21,22)10-13/h8,11,13H,2-7,9-10H2,1H3,(H,18,19)/t11-,13-/m0/s1. The molecule has 0 unspecified atom stereocenters. The summed E-state index contributed by atoms with van der Waals surface area (Å²) in [5.41, 5.74) is 1.23. The average Bonchev–Trinajstić information content (AvgIpc) is 3.14. The molecule has 1 aromatic rings. The Kier molecular flexibility index (Phi) is 5.48. The SMILES string of the molecule is CC[C@H]1CCc2sc(C(=O)OCC(=O)N[C@H]3CCS(=O)(=O)C3)cc2C1. The largest absolute Gasteiger partial charge is 0.451 e. The first-order valence-electron chi connectivity index (χ1n) is 8.65. The smallest absolute Gasteiger partial charge is 0.348 e. The molecule has 1 N–H and O–H groups in total. The molecule has 1 aliphatic heterocycles. The lowest BCUT2D eigenvalue weighted by Gasteiger charge is -2.19. The minimum Gasteiger partial charge on any atom is -0.451 e. The van der Waals surface area contributed by atoms with Gasteiger partial charge >= 0.3 is 5.97 Å².